The Balaban J connectivity index is 2.18. The Morgan fingerprint density at radius 1 is 1.14 bits per heavy atom. The fourth-order valence-electron chi connectivity index (χ4n) is 2.06. The Bertz CT molecular complexity index is 551. The molecule has 0 aromatic heterocycles. The van der Waals surface area contributed by atoms with E-state index in [0.29, 0.717) is 12.0 Å². The highest BCUT2D eigenvalue weighted by Gasteiger charge is 2.41. The highest BCUT2D eigenvalue weighted by atomic mass is 16.7. The van der Waals surface area contributed by atoms with Gasteiger partial charge in [0.25, 0.3) is 5.79 Å². The number of cyclic esters (lactones) is 2. The first kappa shape index (κ1) is 15.1. The van der Waals surface area contributed by atoms with Crippen LogP contribution in [0.2, 0.25) is 0 Å². The van der Waals surface area contributed by atoms with Crippen molar-refractivity contribution in [3.8, 4) is 5.75 Å². The Kier molecular flexibility index (Phi) is 4.31. The van der Waals surface area contributed by atoms with E-state index in [1.165, 1.54) is 18.2 Å². The van der Waals surface area contributed by atoms with Crippen LogP contribution in [0, 0.1) is 0 Å². The molecule has 1 aliphatic rings. The molecule has 1 aromatic rings. The molecule has 1 aliphatic heterocycles. The fraction of sp³-hybridized carbons (Fsp3) is 0.375. The number of carbonyl (C=O) groups excluding carboxylic acids is 2. The normalized spacial score (nSPS) is 21.7. The maximum atomic E-state index is 12.0. The molecule has 112 valence electrons. The van der Waals surface area contributed by atoms with Crippen molar-refractivity contribution in [1.29, 1.82) is 0 Å². The first-order valence-electron chi connectivity index (χ1n) is 6.91. The largest absolute Gasteiger partial charge is 0.508 e. The molecular formula is C16H18O5. The first-order valence-corrected chi connectivity index (χ1v) is 6.91. The van der Waals surface area contributed by atoms with Gasteiger partial charge in [-0.1, -0.05) is 25.5 Å². The summed E-state index contributed by atoms with van der Waals surface area (Å²) in [5.41, 5.74) is 0.462. The molecule has 1 heterocycles. The van der Waals surface area contributed by atoms with Crippen molar-refractivity contribution in [3.63, 3.8) is 0 Å². The Morgan fingerprint density at radius 2 is 1.71 bits per heavy atom. The van der Waals surface area contributed by atoms with Crippen molar-refractivity contribution in [3.05, 3.63) is 35.4 Å². The van der Waals surface area contributed by atoms with E-state index >= 15 is 0 Å². The van der Waals surface area contributed by atoms with Gasteiger partial charge in [-0.15, -0.1) is 0 Å². The lowest BCUT2D eigenvalue weighted by molar-refractivity contribution is -0.230. The third-order valence-corrected chi connectivity index (χ3v) is 3.25. The number of unbranched alkanes of at least 4 members (excludes halogenated alkanes) is 1. The van der Waals surface area contributed by atoms with Gasteiger partial charge in [0.15, 0.2) is 0 Å². The van der Waals surface area contributed by atoms with Crippen LogP contribution in [-0.4, -0.2) is 22.8 Å². The number of hydrogen-bond donors (Lipinski definition) is 1. The van der Waals surface area contributed by atoms with Gasteiger partial charge in [0.2, 0.25) is 0 Å². The lowest BCUT2D eigenvalue weighted by Crippen LogP contribution is -2.44. The van der Waals surface area contributed by atoms with Crippen LogP contribution >= 0.6 is 0 Å². The van der Waals surface area contributed by atoms with Crippen LogP contribution < -0.4 is 0 Å². The molecule has 0 saturated carbocycles. The van der Waals surface area contributed by atoms with Gasteiger partial charge in [-0.2, -0.15) is 0 Å². The maximum absolute atomic E-state index is 12.0. The molecular weight excluding hydrogens is 272 g/mol. The third-order valence-electron chi connectivity index (χ3n) is 3.25. The van der Waals surface area contributed by atoms with Crippen LogP contribution in [0.1, 0.15) is 38.7 Å². The molecule has 5 heteroatoms. The maximum Gasteiger partial charge on any atom is 0.348 e. The molecule has 2 rings (SSSR count). The zero-order chi connectivity index (χ0) is 15.5. The molecule has 0 bridgehead atoms. The van der Waals surface area contributed by atoms with Crippen LogP contribution in [0.25, 0.3) is 6.08 Å². The number of hydrogen-bond acceptors (Lipinski definition) is 5. The van der Waals surface area contributed by atoms with Crippen LogP contribution in [-0.2, 0) is 19.1 Å². The number of phenolic OH excluding ortho intramolecular Hbond substituents is 1. The van der Waals surface area contributed by atoms with Crippen molar-refractivity contribution in [1.82, 2.24) is 0 Å². The summed E-state index contributed by atoms with van der Waals surface area (Å²) in [5.74, 6) is -2.44. The van der Waals surface area contributed by atoms with E-state index in [-0.39, 0.29) is 11.3 Å². The predicted octanol–water partition coefficient (Wildman–Crippen LogP) is 2.78. The highest BCUT2D eigenvalue weighted by Crippen LogP contribution is 2.29. The third kappa shape index (κ3) is 3.62. The second kappa shape index (κ2) is 5.99. The number of esters is 2. The molecule has 0 unspecified atom stereocenters. The van der Waals surface area contributed by atoms with E-state index in [1.807, 2.05) is 6.92 Å². The molecule has 1 N–H and O–H groups in total. The molecule has 1 aromatic carbocycles. The van der Waals surface area contributed by atoms with Gasteiger partial charge in [0.1, 0.15) is 11.3 Å². The summed E-state index contributed by atoms with van der Waals surface area (Å²) in [4.78, 5) is 24.0. The van der Waals surface area contributed by atoms with Gasteiger partial charge in [-0.3, -0.25) is 0 Å². The number of phenols is 1. The Labute approximate surface area is 123 Å². The van der Waals surface area contributed by atoms with Crippen molar-refractivity contribution in [2.45, 2.75) is 38.9 Å². The van der Waals surface area contributed by atoms with Gasteiger partial charge < -0.3 is 14.6 Å². The van der Waals surface area contributed by atoms with E-state index in [9.17, 15) is 14.7 Å². The van der Waals surface area contributed by atoms with Crippen molar-refractivity contribution in [2.75, 3.05) is 0 Å². The Hall–Kier alpha value is -2.30. The molecule has 0 aliphatic carbocycles. The summed E-state index contributed by atoms with van der Waals surface area (Å²) in [6, 6.07) is 6.12. The van der Waals surface area contributed by atoms with Gasteiger partial charge in [0.05, 0.1) is 0 Å². The van der Waals surface area contributed by atoms with Crippen molar-refractivity contribution >= 4 is 18.0 Å². The van der Waals surface area contributed by atoms with Crippen LogP contribution in [0.3, 0.4) is 0 Å². The molecule has 1 fully saturated rings. The fourth-order valence-corrected chi connectivity index (χ4v) is 2.06. The van der Waals surface area contributed by atoms with E-state index in [4.69, 9.17) is 9.47 Å². The summed E-state index contributed by atoms with van der Waals surface area (Å²) < 4.78 is 10.5. The SMILES string of the molecule is CCCCC1(C)OC(=O)C(=Cc2ccc(O)cc2)C(=O)O1. The predicted molar refractivity (Wildman–Crippen MR) is 76.2 cm³/mol. The highest BCUT2D eigenvalue weighted by molar-refractivity contribution is 6.18. The van der Waals surface area contributed by atoms with E-state index in [2.05, 4.69) is 0 Å². The second-order valence-corrected chi connectivity index (χ2v) is 5.17. The lowest BCUT2D eigenvalue weighted by Gasteiger charge is -2.33. The summed E-state index contributed by atoms with van der Waals surface area (Å²) in [7, 11) is 0. The van der Waals surface area contributed by atoms with Gasteiger partial charge in [-0.25, -0.2) is 9.59 Å². The first-order chi connectivity index (χ1) is 9.93. The zero-order valence-corrected chi connectivity index (χ0v) is 12.1. The molecule has 0 radical (unpaired) electrons. The molecule has 0 atom stereocenters. The summed E-state index contributed by atoms with van der Waals surface area (Å²) >= 11 is 0. The van der Waals surface area contributed by atoms with Crippen LogP contribution in [0.4, 0.5) is 0 Å². The molecule has 0 amide bonds. The summed E-state index contributed by atoms with van der Waals surface area (Å²) in [5, 5.41) is 9.21. The van der Waals surface area contributed by atoms with E-state index in [1.54, 1.807) is 19.1 Å². The van der Waals surface area contributed by atoms with E-state index in [0.717, 1.165) is 12.8 Å². The zero-order valence-electron chi connectivity index (χ0n) is 12.1. The number of ether oxygens (including phenoxy) is 2. The van der Waals surface area contributed by atoms with Gasteiger partial charge >= 0.3 is 11.9 Å². The van der Waals surface area contributed by atoms with E-state index < -0.39 is 17.7 Å². The quantitative estimate of drug-likeness (QED) is 0.524. The number of benzene rings is 1. The molecule has 5 nitrogen and oxygen atoms in total. The summed E-state index contributed by atoms with van der Waals surface area (Å²) in [6.07, 6.45) is 3.59. The molecule has 21 heavy (non-hydrogen) atoms. The minimum Gasteiger partial charge on any atom is -0.508 e. The molecule has 1 saturated heterocycles. The monoisotopic (exact) mass is 290 g/mol. The Morgan fingerprint density at radius 3 is 2.24 bits per heavy atom. The second-order valence-electron chi connectivity index (χ2n) is 5.17. The number of carbonyl (C=O) groups is 2. The van der Waals surface area contributed by atoms with Crippen LogP contribution in [0.5, 0.6) is 5.75 Å². The van der Waals surface area contributed by atoms with Crippen molar-refractivity contribution < 1.29 is 24.2 Å². The van der Waals surface area contributed by atoms with Gasteiger partial charge in [0, 0.05) is 13.3 Å². The van der Waals surface area contributed by atoms with Crippen molar-refractivity contribution in [2.24, 2.45) is 0 Å². The van der Waals surface area contributed by atoms with Crippen LogP contribution in [0.15, 0.2) is 29.8 Å². The molecule has 0 spiro atoms. The topological polar surface area (TPSA) is 72.8 Å². The number of aromatic hydroxyl groups is 1. The summed E-state index contributed by atoms with van der Waals surface area (Å²) in [6.45, 7) is 3.60. The van der Waals surface area contributed by atoms with Gasteiger partial charge in [-0.05, 0) is 30.2 Å². The minimum atomic E-state index is -1.18. The average molecular weight is 290 g/mol. The average Bonchev–Trinajstić information content (AvgIpc) is 2.43. The number of rotatable bonds is 4. The smallest absolute Gasteiger partial charge is 0.348 e. The lowest BCUT2D eigenvalue weighted by atomic mass is 10.1. The standard InChI is InChI=1S/C16H18O5/c1-3-4-9-16(2)20-14(18)13(15(19)21-16)10-11-5-7-12(17)8-6-11/h5-8,10,17H,3-4,9H2,1-2H3. The minimum absolute atomic E-state index is 0.109.